The van der Waals surface area contributed by atoms with Crippen molar-refractivity contribution in [2.75, 3.05) is 12.4 Å². The first kappa shape index (κ1) is 18.8. The van der Waals surface area contributed by atoms with Crippen molar-refractivity contribution in [3.05, 3.63) is 57.6 Å². The van der Waals surface area contributed by atoms with Gasteiger partial charge in [-0.3, -0.25) is 4.79 Å². The molecule has 3 rings (SSSR count). The summed E-state index contributed by atoms with van der Waals surface area (Å²) in [7, 11) is 1.62. The maximum atomic E-state index is 11.3. The Kier molecular flexibility index (Phi) is 5.60. The predicted octanol–water partition coefficient (Wildman–Crippen LogP) is 4.47. The van der Waals surface area contributed by atoms with E-state index in [9.17, 15) is 9.90 Å². The van der Waals surface area contributed by atoms with Crippen LogP contribution in [0.5, 0.6) is 5.75 Å². The van der Waals surface area contributed by atoms with Gasteiger partial charge >= 0.3 is 5.97 Å². The Morgan fingerprint density at radius 1 is 1.35 bits per heavy atom. The van der Waals surface area contributed by atoms with Crippen LogP contribution in [0.15, 0.2) is 40.9 Å². The molecule has 0 aromatic heterocycles. The number of aliphatic carboxylic acids is 1. The van der Waals surface area contributed by atoms with Gasteiger partial charge in [0.05, 0.1) is 13.5 Å². The van der Waals surface area contributed by atoms with Crippen LogP contribution >= 0.6 is 28.1 Å². The van der Waals surface area contributed by atoms with Crippen LogP contribution in [0, 0.1) is 6.92 Å². The highest BCUT2D eigenvalue weighted by Gasteiger charge is 2.32. The van der Waals surface area contributed by atoms with Gasteiger partial charge in [-0.15, -0.1) is 0 Å². The average molecular weight is 436 g/mol. The molecule has 136 valence electrons. The Hall–Kier alpha value is -1.96. The fourth-order valence-corrected chi connectivity index (χ4v) is 3.68. The van der Waals surface area contributed by atoms with Crippen molar-refractivity contribution in [3.63, 3.8) is 0 Å². The Balaban J connectivity index is 2.15. The van der Waals surface area contributed by atoms with E-state index >= 15 is 0 Å². The maximum absolute atomic E-state index is 11.3. The number of hydrogen-bond acceptors (Lipinski definition) is 4. The summed E-state index contributed by atoms with van der Waals surface area (Å²) >= 11 is 8.89. The lowest BCUT2D eigenvalue weighted by Gasteiger charge is -2.24. The number of carbonyl (C=O) groups is 1. The third-order valence-electron chi connectivity index (χ3n) is 4.34. The van der Waals surface area contributed by atoms with Gasteiger partial charge in [0, 0.05) is 15.7 Å². The number of thiocarbonyl (C=S) groups is 1. The fourth-order valence-electron chi connectivity index (χ4n) is 3.05. The van der Waals surface area contributed by atoms with Gasteiger partial charge in [0.1, 0.15) is 22.9 Å². The molecule has 0 spiro atoms. The van der Waals surface area contributed by atoms with Crippen molar-refractivity contribution < 1.29 is 19.4 Å². The molecule has 0 aliphatic carbocycles. The molecule has 0 bridgehead atoms. The van der Waals surface area contributed by atoms with Crippen molar-refractivity contribution >= 4 is 44.8 Å². The molecule has 0 fully saturated rings. The summed E-state index contributed by atoms with van der Waals surface area (Å²) in [6.07, 6.45) is -1.42. The van der Waals surface area contributed by atoms with Crippen molar-refractivity contribution in [1.29, 1.82) is 0 Å². The third-order valence-corrected chi connectivity index (χ3v) is 5.19. The van der Waals surface area contributed by atoms with Gasteiger partial charge in [-0.25, -0.2) is 0 Å². The van der Waals surface area contributed by atoms with E-state index in [1.54, 1.807) is 7.11 Å². The molecule has 1 heterocycles. The number of fused-ring (bicyclic) bond motifs is 1. The Morgan fingerprint density at radius 3 is 2.81 bits per heavy atom. The molecular formula is C19H18BrNO4S. The van der Waals surface area contributed by atoms with E-state index in [4.69, 9.17) is 21.7 Å². The van der Waals surface area contributed by atoms with Crippen LogP contribution in [0.2, 0.25) is 0 Å². The Labute approximate surface area is 165 Å². The van der Waals surface area contributed by atoms with Gasteiger partial charge < -0.3 is 19.9 Å². The van der Waals surface area contributed by atoms with Gasteiger partial charge in [-0.05, 0) is 42.3 Å². The van der Waals surface area contributed by atoms with Gasteiger partial charge in [-0.1, -0.05) is 40.3 Å². The Morgan fingerprint density at radius 2 is 2.12 bits per heavy atom. The minimum Gasteiger partial charge on any atom is -0.496 e. The minimum absolute atomic E-state index is 0.208. The number of anilines is 1. The molecule has 2 aromatic rings. The predicted molar refractivity (Wildman–Crippen MR) is 107 cm³/mol. The van der Waals surface area contributed by atoms with E-state index in [1.807, 2.05) is 43.3 Å². The molecule has 2 atom stereocenters. The molecule has 2 N–H and O–H groups in total. The number of rotatable bonds is 4. The van der Waals surface area contributed by atoms with E-state index in [0.29, 0.717) is 4.99 Å². The van der Waals surface area contributed by atoms with Crippen molar-refractivity contribution in [1.82, 2.24) is 0 Å². The lowest BCUT2D eigenvalue weighted by Crippen LogP contribution is -2.30. The van der Waals surface area contributed by atoms with E-state index < -0.39 is 18.2 Å². The van der Waals surface area contributed by atoms with Crippen LogP contribution in [0.4, 0.5) is 5.69 Å². The lowest BCUT2D eigenvalue weighted by molar-refractivity contribution is -0.139. The quantitative estimate of drug-likeness (QED) is 0.690. The number of ether oxygens (including phenoxy) is 2. The molecule has 2 aromatic carbocycles. The summed E-state index contributed by atoms with van der Waals surface area (Å²) in [5.41, 5.74) is 3.53. The number of benzene rings is 2. The molecule has 0 radical (unpaired) electrons. The highest BCUT2D eigenvalue weighted by Crippen LogP contribution is 2.40. The zero-order valence-corrected chi connectivity index (χ0v) is 16.7. The summed E-state index contributed by atoms with van der Waals surface area (Å²) in [5.74, 6) is -0.218. The monoisotopic (exact) mass is 435 g/mol. The smallest absolute Gasteiger partial charge is 0.306 e. The van der Waals surface area contributed by atoms with E-state index in [1.165, 1.54) is 0 Å². The number of methoxy groups -OCH3 is 1. The highest BCUT2D eigenvalue weighted by molar-refractivity contribution is 9.10. The van der Waals surface area contributed by atoms with Gasteiger partial charge in [0.2, 0.25) is 0 Å². The SMILES string of the molecule is COc1cccc([C@H]2O[C@H](CC(=O)O)C(=S)Nc3ccc(Br)cc32)c1C. The number of hydrogen-bond donors (Lipinski definition) is 2. The van der Waals surface area contributed by atoms with Crippen molar-refractivity contribution in [2.24, 2.45) is 0 Å². The first-order valence-corrected chi connectivity index (χ1v) is 9.22. The molecule has 5 nitrogen and oxygen atoms in total. The highest BCUT2D eigenvalue weighted by atomic mass is 79.9. The number of halogens is 1. The topological polar surface area (TPSA) is 67.8 Å². The second-order valence-electron chi connectivity index (χ2n) is 6.00. The summed E-state index contributed by atoms with van der Waals surface area (Å²) in [6, 6.07) is 11.5. The van der Waals surface area contributed by atoms with Crippen LogP contribution in [-0.2, 0) is 9.53 Å². The van der Waals surface area contributed by atoms with E-state index in [2.05, 4.69) is 21.2 Å². The molecule has 0 amide bonds. The summed E-state index contributed by atoms with van der Waals surface area (Å²) in [6.45, 7) is 1.96. The molecule has 1 aliphatic rings. The van der Waals surface area contributed by atoms with Crippen LogP contribution in [0.1, 0.15) is 29.2 Å². The average Bonchev–Trinajstić information content (AvgIpc) is 2.72. The number of carboxylic acid groups (broad SMARTS) is 1. The van der Waals surface area contributed by atoms with Crippen LogP contribution in [0.25, 0.3) is 0 Å². The second-order valence-corrected chi connectivity index (χ2v) is 7.35. The van der Waals surface area contributed by atoms with E-state index in [0.717, 1.165) is 32.6 Å². The summed E-state index contributed by atoms with van der Waals surface area (Å²) in [4.78, 5) is 11.6. The first-order chi connectivity index (χ1) is 12.4. The van der Waals surface area contributed by atoms with Gasteiger partial charge in [0.25, 0.3) is 0 Å². The Bertz CT molecular complexity index is 871. The standard InChI is InChI=1S/C19H18BrNO4S/c1-10-12(4-3-5-15(10)24-2)18-13-8-11(20)6-7-14(13)21-19(26)16(25-18)9-17(22)23/h3-8,16,18H,9H2,1-2H3,(H,21,26)(H,22,23)/t16-,18-/m1/s1. The number of carboxylic acids is 1. The lowest BCUT2D eigenvalue weighted by atomic mass is 9.95. The van der Waals surface area contributed by atoms with E-state index in [-0.39, 0.29) is 6.42 Å². The third kappa shape index (κ3) is 3.75. The molecule has 26 heavy (non-hydrogen) atoms. The zero-order chi connectivity index (χ0) is 18.8. The molecular weight excluding hydrogens is 418 g/mol. The minimum atomic E-state index is -0.965. The zero-order valence-electron chi connectivity index (χ0n) is 14.3. The molecule has 0 saturated heterocycles. The normalized spacial score (nSPS) is 19.3. The molecule has 0 unspecified atom stereocenters. The molecule has 1 aliphatic heterocycles. The summed E-state index contributed by atoms with van der Waals surface area (Å²) < 4.78 is 12.6. The van der Waals surface area contributed by atoms with Crippen LogP contribution in [-0.4, -0.2) is 29.3 Å². The number of nitrogens with one attached hydrogen (secondary N) is 1. The van der Waals surface area contributed by atoms with Crippen molar-refractivity contribution in [3.8, 4) is 5.75 Å². The van der Waals surface area contributed by atoms with Crippen LogP contribution < -0.4 is 10.1 Å². The maximum Gasteiger partial charge on any atom is 0.306 e. The fraction of sp³-hybridized carbons (Fsp3) is 0.263. The first-order valence-electron chi connectivity index (χ1n) is 8.01. The second kappa shape index (κ2) is 7.73. The largest absolute Gasteiger partial charge is 0.496 e. The van der Waals surface area contributed by atoms with Crippen LogP contribution in [0.3, 0.4) is 0 Å². The van der Waals surface area contributed by atoms with Gasteiger partial charge in [0.15, 0.2) is 0 Å². The molecule has 7 heteroatoms. The van der Waals surface area contributed by atoms with Crippen molar-refractivity contribution in [2.45, 2.75) is 25.6 Å². The summed E-state index contributed by atoms with van der Waals surface area (Å²) in [5, 5.41) is 12.4. The molecule has 0 saturated carbocycles. The van der Waals surface area contributed by atoms with Gasteiger partial charge in [-0.2, -0.15) is 0 Å².